The summed E-state index contributed by atoms with van der Waals surface area (Å²) in [6, 6.07) is 25.7. The zero-order valence-corrected chi connectivity index (χ0v) is 23.4. The first-order chi connectivity index (χ1) is 18.7. The molecule has 0 aliphatic heterocycles. The van der Waals surface area contributed by atoms with Gasteiger partial charge >= 0.3 is 0 Å². The van der Waals surface area contributed by atoms with Crippen molar-refractivity contribution in [1.82, 2.24) is 5.32 Å². The van der Waals surface area contributed by atoms with E-state index >= 15 is 0 Å². The Hall–Kier alpha value is -4.01. The van der Waals surface area contributed by atoms with Gasteiger partial charge in [0.25, 0.3) is 15.9 Å². The highest BCUT2D eigenvalue weighted by atomic mass is 35.5. The van der Waals surface area contributed by atoms with Gasteiger partial charge < -0.3 is 14.8 Å². The zero-order valence-electron chi connectivity index (χ0n) is 21.8. The Kier molecular flexibility index (Phi) is 8.79. The maximum atomic E-state index is 13.7. The van der Waals surface area contributed by atoms with Crippen LogP contribution in [0.5, 0.6) is 11.5 Å². The summed E-state index contributed by atoms with van der Waals surface area (Å²) in [5.41, 5.74) is 3.28. The Morgan fingerprint density at radius 1 is 0.846 bits per heavy atom. The Morgan fingerprint density at radius 2 is 1.51 bits per heavy atom. The number of ether oxygens (including phenoxy) is 2. The fourth-order valence-electron chi connectivity index (χ4n) is 4.07. The van der Waals surface area contributed by atoms with E-state index in [9.17, 15) is 13.2 Å². The molecule has 0 saturated heterocycles. The second kappa shape index (κ2) is 12.2. The van der Waals surface area contributed by atoms with Gasteiger partial charge in [0.2, 0.25) is 0 Å². The van der Waals surface area contributed by atoms with Crippen LogP contribution in [0.4, 0.5) is 5.69 Å². The molecule has 1 amide bonds. The van der Waals surface area contributed by atoms with Crippen LogP contribution < -0.4 is 19.1 Å². The average molecular weight is 565 g/mol. The van der Waals surface area contributed by atoms with Crippen LogP contribution >= 0.6 is 11.6 Å². The molecule has 0 saturated carbocycles. The van der Waals surface area contributed by atoms with Crippen LogP contribution in [-0.2, 0) is 23.1 Å². The van der Waals surface area contributed by atoms with Crippen molar-refractivity contribution in [3.63, 3.8) is 0 Å². The highest BCUT2D eigenvalue weighted by Crippen LogP contribution is 2.31. The SMILES string of the molecule is COc1ccc(CNC(=O)c2ccc(CN(c3cc(Cl)ccc3C)S(=O)(=O)c3ccccc3)cc2)cc1OC. The molecule has 0 radical (unpaired) electrons. The highest BCUT2D eigenvalue weighted by Gasteiger charge is 2.26. The summed E-state index contributed by atoms with van der Waals surface area (Å²) >= 11 is 6.24. The number of hydrogen-bond donors (Lipinski definition) is 1. The lowest BCUT2D eigenvalue weighted by Gasteiger charge is -2.26. The van der Waals surface area contributed by atoms with E-state index in [1.54, 1.807) is 93.1 Å². The van der Waals surface area contributed by atoms with Gasteiger partial charge in [-0.15, -0.1) is 0 Å². The topological polar surface area (TPSA) is 84.9 Å². The molecule has 0 unspecified atom stereocenters. The maximum absolute atomic E-state index is 13.7. The summed E-state index contributed by atoms with van der Waals surface area (Å²) in [5.74, 6) is 0.939. The summed E-state index contributed by atoms with van der Waals surface area (Å²) in [4.78, 5) is 13.0. The molecule has 39 heavy (non-hydrogen) atoms. The van der Waals surface area contributed by atoms with Crippen LogP contribution in [0.15, 0.2) is 95.9 Å². The Bertz CT molecular complexity index is 1560. The first-order valence-corrected chi connectivity index (χ1v) is 14.0. The molecule has 9 heteroatoms. The molecule has 1 N–H and O–H groups in total. The number of rotatable bonds is 10. The van der Waals surface area contributed by atoms with E-state index in [2.05, 4.69) is 5.32 Å². The minimum absolute atomic E-state index is 0.0615. The van der Waals surface area contributed by atoms with E-state index in [1.165, 1.54) is 4.31 Å². The molecule has 0 atom stereocenters. The van der Waals surface area contributed by atoms with Crippen molar-refractivity contribution in [3.8, 4) is 11.5 Å². The quantitative estimate of drug-likeness (QED) is 0.256. The van der Waals surface area contributed by atoms with Gasteiger partial charge in [-0.1, -0.05) is 54.1 Å². The molecule has 0 spiro atoms. The fraction of sp³-hybridized carbons (Fsp3) is 0.167. The standard InChI is InChI=1S/C30H29ClN2O5S/c1-21-9-15-25(31)18-27(21)33(39(35,36)26-7-5-4-6-8-26)20-22-10-13-24(14-11-22)30(34)32-19-23-12-16-28(37-2)29(17-23)38-3/h4-18H,19-20H2,1-3H3,(H,32,34). The second-order valence-corrected chi connectivity index (χ2v) is 11.1. The van der Waals surface area contributed by atoms with Crippen molar-refractivity contribution >= 4 is 33.2 Å². The van der Waals surface area contributed by atoms with E-state index in [0.717, 1.165) is 11.1 Å². The van der Waals surface area contributed by atoms with Gasteiger partial charge in [-0.2, -0.15) is 0 Å². The van der Waals surface area contributed by atoms with Gasteiger partial charge in [0.1, 0.15) is 0 Å². The van der Waals surface area contributed by atoms with Gasteiger partial charge in [-0.3, -0.25) is 9.10 Å². The molecule has 0 bridgehead atoms. The van der Waals surface area contributed by atoms with Crippen molar-refractivity contribution in [3.05, 3.63) is 118 Å². The van der Waals surface area contributed by atoms with Crippen molar-refractivity contribution in [2.45, 2.75) is 24.9 Å². The van der Waals surface area contributed by atoms with Gasteiger partial charge in [-0.25, -0.2) is 8.42 Å². The predicted octanol–water partition coefficient (Wildman–Crippen LogP) is 5.99. The van der Waals surface area contributed by atoms with Crippen LogP contribution in [0.1, 0.15) is 27.0 Å². The Balaban J connectivity index is 1.54. The van der Waals surface area contributed by atoms with Gasteiger partial charge in [0.05, 0.1) is 31.3 Å². The third-order valence-electron chi connectivity index (χ3n) is 6.21. The molecule has 4 aromatic rings. The predicted molar refractivity (Wildman–Crippen MR) is 153 cm³/mol. The number of aryl methyl sites for hydroxylation is 1. The van der Waals surface area contributed by atoms with E-state index in [4.69, 9.17) is 21.1 Å². The molecule has 0 aromatic heterocycles. The number of amides is 1. The summed E-state index contributed by atoms with van der Waals surface area (Å²) in [6.45, 7) is 2.20. The third kappa shape index (κ3) is 6.53. The van der Waals surface area contributed by atoms with Crippen molar-refractivity contribution < 1.29 is 22.7 Å². The lowest BCUT2D eigenvalue weighted by molar-refractivity contribution is 0.0951. The first kappa shape index (κ1) is 28.0. The smallest absolute Gasteiger partial charge is 0.264 e. The van der Waals surface area contributed by atoms with Crippen LogP contribution in [0.25, 0.3) is 0 Å². The molecule has 4 rings (SSSR count). The van der Waals surface area contributed by atoms with E-state index in [1.807, 2.05) is 19.1 Å². The minimum atomic E-state index is -3.89. The van der Waals surface area contributed by atoms with E-state index in [-0.39, 0.29) is 17.3 Å². The summed E-state index contributed by atoms with van der Waals surface area (Å²) in [7, 11) is -0.770. The van der Waals surface area contributed by atoms with Crippen LogP contribution in [0.3, 0.4) is 0 Å². The van der Waals surface area contributed by atoms with Crippen molar-refractivity contribution in [2.24, 2.45) is 0 Å². The molecule has 0 heterocycles. The van der Waals surface area contributed by atoms with Gasteiger partial charge in [0, 0.05) is 17.1 Å². The van der Waals surface area contributed by atoms with Crippen LogP contribution in [0, 0.1) is 6.92 Å². The number of benzene rings is 4. The number of sulfonamides is 1. The molecule has 202 valence electrons. The number of anilines is 1. The summed E-state index contributed by atoms with van der Waals surface area (Å²) < 4.78 is 39.3. The lowest BCUT2D eigenvalue weighted by Crippen LogP contribution is -2.31. The number of nitrogens with one attached hydrogen (secondary N) is 1. The molecule has 4 aromatic carbocycles. The number of methoxy groups -OCH3 is 2. The minimum Gasteiger partial charge on any atom is -0.493 e. The lowest BCUT2D eigenvalue weighted by atomic mass is 10.1. The highest BCUT2D eigenvalue weighted by molar-refractivity contribution is 7.92. The molecule has 7 nitrogen and oxygen atoms in total. The molecule has 0 aliphatic rings. The number of halogens is 1. The van der Waals surface area contributed by atoms with Crippen molar-refractivity contribution in [1.29, 1.82) is 0 Å². The zero-order chi connectivity index (χ0) is 28.0. The third-order valence-corrected chi connectivity index (χ3v) is 8.22. The molecular formula is C30H29ClN2O5S. The normalized spacial score (nSPS) is 11.1. The molecule has 0 aliphatic carbocycles. The second-order valence-electron chi connectivity index (χ2n) is 8.82. The number of hydrogen-bond acceptors (Lipinski definition) is 5. The van der Waals surface area contributed by atoms with E-state index < -0.39 is 10.0 Å². The molecule has 0 fully saturated rings. The monoisotopic (exact) mass is 564 g/mol. The largest absolute Gasteiger partial charge is 0.493 e. The Morgan fingerprint density at radius 3 is 2.18 bits per heavy atom. The average Bonchev–Trinajstić information content (AvgIpc) is 2.96. The van der Waals surface area contributed by atoms with Gasteiger partial charge in [-0.05, 0) is 72.1 Å². The van der Waals surface area contributed by atoms with Crippen LogP contribution in [0.2, 0.25) is 5.02 Å². The number of carbonyl (C=O) groups excluding carboxylic acids is 1. The summed E-state index contributed by atoms with van der Waals surface area (Å²) in [5, 5.41) is 3.33. The van der Waals surface area contributed by atoms with Gasteiger partial charge in [0.15, 0.2) is 11.5 Å². The first-order valence-electron chi connectivity index (χ1n) is 12.1. The molecular weight excluding hydrogens is 536 g/mol. The van der Waals surface area contributed by atoms with E-state index in [0.29, 0.717) is 39.9 Å². The van der Waals surface area contributed by atoms with Crippen molar-refractivity contribution in [2.75, 3.05) is 18.5 Å². The maximum Gasteiger partial charge on any atom is 0.264 e. The fourth-order valence-corrected chi connectivity index (χ4v) is 5.77. The summed E-state index contributed by atoms with van der Waals surface area (Å²) in [6.07, 6.45) is 0. The Labute approximate surface area is 234 Å². The number of nitrogens with zero attached hydrogens (tertiary/aromatic N) is 1. The number of carbonyl (C=O) groups is 1. The van der Waals surface area contributed by atoms with Crippen LogP contribution in [-0.4, -0.2) is 28.5 Å².